The van der Waals surface area contributed by atoms with Crippen LogP contribution in [0.1, 0.15) is 49.3 Å². The Balaban J connectivity index is 1.48. The van der Waals surface area contributed by atoms with Gasteiger partial charge >= 0.3 is 0 Å². The van der Waals surface area contributed by atoms with Crippen molar-refractivity contribution in [3.8, 4) is 17.1 Å². The first kappa shape index (κ1) is 28.8. The molecule has 0 aliphatic heterocycles. The number of amides is 2. The molecule has 5 rings (SSSR count). The number of hydrogen-bond donors (Lipinski definition) is 1. The molecule has 1 saturated carbocycles. The number of carbonyl (C=O) groups is 2. The highest BCUT2D eigenvalue weighted by molar-refractivity contribution is 5.89. The van der Waals surface area contributed by atoms with Gasteiger partial charge in [-0.1, -0.05) is 55.7 Å². The minimum Gasteiger partial charge on any atom is -0.497 e. The Hall–Kier alpha value is -4.67. The topological polar surface area (TPSA) is 102 Å². The molecule has 0 bridgehead atoms. The number of ether oxygens (including phenoxy) is 1. The molecule has 1 atom stereocenters. The number of nitrogens with one attached hydrogen (secondary N) is 1. The van der Waals surface area contributed by atoms with Crippen molar-refractivity contribution in [1.29, 1.82) is 0 Å². The minimum atomic E-state index is -1.06. The zero-order valence-corrected chi connectivity index (χ0v) is 23.2. The summed E-state index contributed by atoms with van der Waals surface area (Å²) in [6, 6.07) is 17.7. The standard InChI is InChI=1S/C31H32F2N6O3/c1-42-25-17-11-21(12-18-25)19-38(28(40)20-39-36-30(35-37-39)26-9-5-6-10-27(26)33)29(22-13-15-23(32)16-14-22)31(41)34-24-7-3-2-4-8-24/h5-6,9-18,24,29H,2-4,7-8,19-20H2,1H3,(H,34,41)/t29-/m0/s1. The van der Waals surface area contributed by atoms with E-state index < -0.39 is 23.6 Å². The Kier molecular flexibility index (Phi) is 9.15. The molecule has 1 aromatic heterocycles. The lowest BCUT2D eigenvalue weighted by Gasteiger charge is -2.33. The summed E-state index contributed by atoms with van der Waals surface area (Å²) < 4.78 is 33.5. The summed E-state index contributed by atoms with van der Waals surface area (Å²) in [5.41, 5.74) is 1.37. The molecule has 0 saturated heterocycles. The SMILES string of the molecule is COc1ccc(CN(C(=O)Cn2nnc(-c3ccccc3F)n2)[C@H](C(=O)NC2CCCCC2)c2ccc(F)cc2)cc1. The molecule has 1 fully saturated rings. The smallest absolute Gasteiger partial charge is 0.247 e. The van der Waals surface area contributed by atoms with Crippen molar-refractivity contribution in [3.05, 3.63) is 95.6 Å². The highest BCUT2D eigenvalue weighted by Crippen LogP contribution is 2.27. The maximum absolute atomic E-state index is 14.3. The molecule has 218 valence electrons. The molecule has 0 spiro atoms. The molecular weight excluding hydrogens is 542 g/mol. The highest BCUT2D eigenvalue weighted by atomic mass is 19.1. The van der Waals surface area contributed by atoms with E-state index in [-0.39, 0.29) is 36.4 Å². The van der Waals surface area contributed by atoms with Crippen LogP contribution in [0.15, 0.2) is 72.8 Å². The first-order chi connectivity index (χ1) is 20.4. The lowest BCUT2D eigenvalue weighted by molar-refractivity contribution is -0.142. The van der Waals surface area contributed by atoms with Gasteiger partial charge in [0.25, 0.3) is 0 Å². The maximum Gasteiger partial charge on any atom is 0.247 e. The minimum absolute atomic E-state index is 0.00699. The summed E-state index contributed by atoms with van der Waals surface area (Å²) >= 11 is 0. The van der Waals surface area contributed by atoms with E-state index in [2.05, 4.69) is 20.7 Å². The van der Waals surface area contributed by atoms with Gasteiger partial charge in [0.05, 0.1) is 12.7 Å². The average molecular weight is 575 g/mol. The van der Waals surface area contributed by atoms with Crippen LogP contribution in [-0.4, -0.2) is 50.1 Å². The molecule has 9 nitrogen and oxygen atoms in total. The molecule has 11 heteroatoms. The monoisotopic (exact) mass is 574 g/mol. The van der Waals surface area contributed by atoms with Crippen molar-refractivity contribution in [2.24, 2.45) is 0 Å². The van der Waals surface area contributed by atoms with Crippen molar-refractivity contribution >= 4 is 11.8 Å². The molecule has 2 amide bonds. The quantitative estimate of drug-likeness (QED) is 0.291. The third-order valence-corrected chi connectivity index (χ3v) is 7.37. The molecule has 1 heterocycles. The second kappa shape index (κ2) is 13.3. The number of carbonyl (C=O) groups excluding carboxylic acids is 2. The zero-order chi connectivity index (χ0) is 29.5. The summed E-state index contributed by atoms with van der Waals surface area (Å²) in [6.45, 7) is -0.288. The largest absolute Gasteiger partial charge is 0.497 e. The Morgan fingerprint density at radius 1 is 1.00 bits per heavy atom. The Bertz CT molecular complexity index is 1500. The Morgan fingerprint density at radius 2 is 1.71 bits per heavy atom. The van der Waals surface area contributed by atoms with Gasteiger partial charge < -0.3 is 15.0 Å². The van der Waals surface area contributed by atoms with Crippen LogP contribution < -0.4 is 10.1 Å². The molecule has 1 aliphatic rings. The van der Waals surface area contributed by atoms with Crippen LogP contribution in [0.3, 0.4) is 0 Å². The van der Waals surface area contributed by atoms with Gasteiger partial charge in [0.2, 0.25) is 17.6 Å². The van der Waals surface area contributed by atoms with Gasteiger partial charge in [0.15, 0.2) is 0 Å². The van der Waals surface area contributed by atoms with E-state index in [9.17, 15) is 18.4 Å². The molecule has 0 unspecified atom stereocenters. The third kappa shape index (κ3) is 6.96. The number of rotatable bonds is 10. The number of benzene rings is 3. The summed E-state index contributed by atoms with van der Waals surface area (Å²) in [6.07, 6.45) is 4.87. The van der Waals surface area contributed by atoms with Gasteiger partial charge in [-0.05, 0) is 65.6 Å². The average Bonchev–Trinajstić information content (AvgIpc) is 3.47. The highest BCUT2D eigenvalue weighted by Gasteiger charge is 2.33. The fourth-order valence-corrected chi connectivity index (χ4v) is 5.17. The van der Waals surface area contributed by atoms with Crippen LogP contribution in [0, 0.1) is 11.6 Å². The van der Waals surface area contributed by atoms with Gasteiger partial charge in [-0.2, -0.15) is 4.80 Å². The fourth-order valence-electron chi connectivity index (χ4n) is 5.17. The van der Waals surface area contributed by atoms with E-state index in [0.717, 1.165) is 42.5 Å². The summed E-state index contributed by atoms with van der Waals surface area (Å²) in [5, 5.41) is 15.2. The zero-order valence-electron chi connectivity index (χ0n) is 23.2. The molecule has 42 heavy (non-hydrogen) atoms. The second-order valence-electron chi connectivity index (χ2n) is 10.3. The second-order valence-corrected chi connectivity index (χ2v) is 10.3. The van der Waals surface area contributed by atoms with E-state index in [1.54, 1.807) is 31.4 Å². The van der Waals surface area contributed by atoms with Crippen molar-refractivity contribution in [2.45, 2.75) is 57.3 Å². The molecule has 3 aromatic carbocycles. The number of methoxy groups -OCH3 is 1. The Labute approximate surface area is 242 Å². The summed E-state index contributed by atoms with van der Waals surface area (Å²) in [7, 11) is 1.56. The van der Waals surface area contributed by atoms with Crippen LogP contribution in [-0.2, 0) is 22.7 Å². The van der Waals surface area contributed by atoms with Crippen LogP contribution in [0.25, 0.3) is 11.4 Å². The number of nitrogens with zero attached hydrogens (tertiary/aromatic N) is 5. The molecule has 1 N–H and O–H groups in total. The summed E-state index contributed by atoms with van der Waals surface area (Å²) in [4.78, 5) is 30.4. The van der Waals surface area contributed by atoms with Crippen LogP contribution >= 0.6 is 0 Å². The van der Waals surface area contributed by atoms with Gasteiger partial charge in [-0.15, -0.1) is 10.2 Å². The third-order valence-electron chi connectivity index (χ3n) is 7.37. The van der Waals surface area contributed by atoms with Crippen molar-refractivity contribution in [2.75, 3.05) is 7.11 Å². The van der Waals surface area contributed by atoms with Crippen LogP contribution in [0.2, 0.25) is 0 Å². The number of hydrogen-bond acceptors (Lipinski definition) is 6. The first-order valence-corrected chi connectivity index (χ1v) is 13.9. The molecule has 0 radical (unpaired) electrons. The van der Waals surface area contributed by atoms with E-state index in [1.165, 1.54) is 41.3 Å². The van der Waals surface area contributed by atoms with Gasteiger partial charge in [-0.3, -0.25) is 9.59 Å². The normalized spacial score (nSPS) is 14.3. The van der Waals surface area contributed by atoms with Crippen molar-refractivity contribution in [1.82, 2.24) is 30.4 Å². The van der Waals surface area contributed by atoms with E-state index in [0.29, 0.717) is 11.3 Å². The molecular formula is C31H32F2N6O3. The number of aromatic nitrogens is 4. The van der Waals surface area contributed by atoms with Gasteiger partial charge in [0, 0.05) is 12.6 Å². The maximum atomic E-state index is 14.3. The number of tetrazole rings is 1. The van der Waals surface area contributed by atoms with Crippen LogP contribution in [0.4, 0.5) is 8.78 Å². The predicted octanol–water partition coefficient (Wildman–Crippen LogP) is 4.85. The first-order valence-electron chi connectivity index (χ1n) is 13.9. The number of halogens is 2. The summed E-state index contributed by atoms with van der Waals surface area (Å²) in [5.74, 6) is -1.11. The predicted molar refractivity (Wildman–Crippen MR) is 151 cm³/mol. The van der Waals surface area contributed by atoms with Crippen molar-refractivity contribution in [3.63, 3.8) is 0 Å². The molecule has 1 aliphatic carbocycles. The fraction of sp³-hybridized carbons (Fsp3) is 0.323. The van der Waals surface area contributed by atoms with Crippen LogP contribution in [0.5, 0.6) is 5.75 Å². The van der Waals surface area contributed by atoms with Gasteiger partial charge in [-0.25, -0.2) is 8.78 Å². The lowest BCUT2D eigenvalue weighted by atomic mass is 9.94. The van der Waals surface area contributed by atoms with E-state index in [1.807, 2.05) is 12.1 Å². The van der Waals surface area contributed by atoms with E-state index in [4.69, 9.17) is 4.74 Å². The molecule has 4 aromatic rings. The van der Waals surface area contributed by atoms with Crippen molar-refractivity contribution < 1.29 is 23.1 Å². The van der Waals surface area contributed by atoms with E-state index >= 15 is 0 Å². The Morgan fingerprint density at radius 3 is 2.40 bits per heavy atom. The van der Waals surface area contributed by atoms with Gasteiger partial charge in [0.1, 0.15) is 30.0 Å². The lowest BCUT2D eigenvalue weighted by Crippen LogP contribution is -2.47.